The molecule has 0 bridgehead atoms. The van der Waals surface area contributed by atoms with E-state index in [1.165, 1.54) is 0 Å². The maximum Gasteiger partial charge on any atom is 0.336 e. The van der Waals surface area contributed by atoms with Gasteiger partial charge in [-0.2, -0.15) is 4.98 Å². The van der Waals surface area contributed by atoms with Crippen LogP contribution in [0.1, 0.15) is 23.1 Å². The standard InChI is InChI=1S/C13H12F2N2O4/c1-2-20-4-3-11-16-12(21-17-11)7-5-9(14)10(15)6-8(7)13(18)19/h5-6H,2-4H2,1H3,(H,18,19). The van der Waals surface area contributed by atoms with Gasteiger partial charge in [-0.05, 0) is 19.1 Å². The fourth-order valence-electron chi connectivity index (χ4n) is 1.67. The van der Waals surface area contributed by atoms with Crippen LogP contribution >= 0.6 is 0 Å². The summed E-state index contributed by atoms with van der Waals surface area (Å²) in [5.74, 6) is -3.76. The monoisotopic (exact) mass is 298 g/mol. The summed E-state index contributed by atoms with van der Waals surface area (Å²) in [6.45, 7) is 2.75. The Kier molecular flexibility index (Phi) is 4.59. The van der Waals surface area contributed by atoms with Gasteiger partial charge in [0, 0.05) is 13.0 Å². The first kappa shape index (κ1) is 15.0. The van der Waals surface area contributed by atoms with Crippen LogP contribution in [-0.2, 0) is 11.2 Å². The molecule has 0 aliphatic rings. The van der Waals surface area contributed by atoms with Gasteiger partial charge in [0.1, 0.15) is 0 Å². The van der Waals surface area contributed by atoms with E-state index in [0.717, 1.165) is 6.07 Å². The highest BCUT2D eigenvalue weighted by atomic mass is 19.2. The van der Waals surface area contributed by atoms with Crippen molar-refractivity contribution in [3.63, 3.8) is 0 Å². The third-order valence-electron chi connectivity index (χ3n) is 2.66. The van der Waals surface area contributed by atoms with Gasteiger partial charge in [0.15, 0.2) is 17.5 Å². The molecule has 0 spiro atoms. The molecule has 0 amide bonds. The van der Waals surface area contributed by atoms with Gasteiger partial charge in [-0.1, -0.05) is 5.16 Å². The Balaban J connectivity index is 2.33. The number of hydrogen-bond acceptors (Lipinski definition) is 5. The molecule has 112 valence electrons. The van der Waals surface area contributed by atoms with Crippen molar-refractivity contribution in [2.75, 3.05) is 13.2 Å². The Bertz CT molecular complexity index is 658. The normalized spacial score (nSPS) is 10.8. The third kappa shape index (κ3) is 3.40. The number of nitrogens with zero attached hydrogens (tertiary/aromatic N) is 2. The van der Waals surface area contributed by atoms with E-state index in [0.29, 0.717) is 31.5 Å². The van der Waals surface area contributed by atoms with Crippen molar-refractivity contribution in [1.82, 2.24) is 10.1 Å². The molecule has 8 heteroatoms. The first-order chi connectivity index (χ1) is 10.0. The van der Waals surface area contributed by atoms with Crippen LogP contribution in [0.3, 0.4) is 0 Å². The van der Waals surface area contributed by atoms with Gasteiger partial charge in [0.2, 0.25) is 0 Å². The van der Waals surface area contributed by atoms with Crippen LogP contribution in [0.15, 0.2) is 16.7 Å². The lowest BCUT2D eigenvalue weighted by molar-refractivity contribution is 0.0696. The van der Waals surface area contributed by atoms with Crippen LogP contribution in [0.4, 0.5) is 8.78 Å². The van der Waals surface area contributed by atoms with Gasteiger partial charge in [-0.25, -0.2) is 13.6 Å². The Morgan fingerprint density at radius 3 is 2.76 bits per heavy atom. The lowest BCUT2D eigenvalue weighted by Gasteiger charge is -2.02. The molecule has 0 atom stereocenters. The minimum absolute atomic E-state index is 0.170. The van der Waals surface area contributed by atoms with Crippen LogP contribution in [-0.4, -0.2) is 34.4 Å². The first-order valence-electron chi connectivity index (χ1n) is 6.16. The van der Waals surface area contributed by atoms with Gasteiger partial charge in [0.25, 0.3) is 5.89 Å². The van der Waals surface area contributed by atoms with E-state index >= 15 is 0 Å². The number of hydrogen-bond donors (Lipinski definition) is 1. The summed E-state index contributed by atoms with van der Waals surface area (Å²) in [5, 5.41) is 12.7. The quantitative estimate of drug-likeness (QED) is 0.823. The van der Waals surface area contributed by atoms with Gasteiger partial charge in [-0.15, -0.1) is 0 Å². The number of aromatic nitrogens is 2. The fraction of sp³-hybridized carbons (Fsp3) is 0.308. The van der Waals surface area contributed by atoms with Gasteiger partial charge in [-0.3, -0.25) is 0 Å². The van der Waals surface area contributed by atoms with E-state index in [-0.39, 0.29) is 11.5 Å². The Morgan fingerprint density at radius 2 is 2.10 bits per heavy atom. The van der Waals surface area contributed by atoms with Crippen molar-refractivity contribution < 1.29 is 27.9 Å². The highest BCUT2D eigenvalue weighted by molar-refractivity contribution is 5.94. The predicted octanol–water partition coefficient (Wildman–Crippen LogP) is 2.29. The minimum Gasteiger partial charge on any atom is -0.478 e. The second-order valence-corrected chi connectivity index (χ2v) is 4.08. The molecule has 21 heavy (non-hydrogen) atoms. The molecule has 1 aromatic carbocycles. The maximum absolute atomic E-state index is 13.3. The molecule has 0 saturated heterocycles. The topological polar surface area (TPSA) is 85.5 Å². The molecule has 0 fully saturated rings. The van der Waals surface area contributed by atoms with E-state index in [2.05, 4.69) is 10.1 Å². The van der Waals surface area contributed by atoms with Crippen LogP contribution in [0.5, 0.6) is 0 Å². The summed E-state index contributed by atoms with van der Waals surface area (Å²) in [6.07, 6.45) is 0.365. The summed E-state index contributed by atoms with van der Waals surface area (Å²) in [4.78, 5) is 15.0. The molecule has 1 N–H and O–H groups in total. The van der Waals surface area contributed by atoms with Crippen molar-refractivity contribution >= 4 is 5.97 Å². The minimum atomic E-state index is -1.42. The number of aromatic carboxylic acids is 1. The van der Waals surface area contributed by atoms with E-state index in [1.54, 1.807) is 0 Å². The molecular formula is C13H12F2N2O4. The summed E-state index contributed by atoms with van der Waals surface area (Å²) in [7, 11) is 0. The Labute approximate surface area is 118 Å². The molecule has 1 heterocycles. The predicted molar refractivity (Wildman–Crippen MR) is 66.8 cm³/mol. The molecule has 0 saturated carbocycles. The lowest BCUT2D eigenvalue weighted by atomic mass is 10.1. The number of benzene rings is 1. The van der Waals surface area contributed by atoms with E-state index in [4.69, 9.17) is 14.4 Å². The fourth-order valence-corrected chi connectivity index (χ4v) is 1.67. The number of carbonyl (C=O) groups is 1. The first-order valence-corrected chi connectivity index (χ1v) is 6.16. The second-order valence-electron chi connectivity index (χ2n) is 4.08. The van der Waals surface area contributed by atoms with E-state index in [9.17, 15) is 13.6 Å². The average molecular weight is 298 g/mol. The van der Waals surface area contributed by atoms with Crippen molar-refractivity contribution in [2.45, 2.75) is 13.3 Å². The second kappa shape index (κ2) is 6.40. The zero-order valence-corrected chi connectivity index (χ0v) is 11.1. The highest BCUT2D eigenvalue weighted by Crippen LogP contribution is 2.25. The highest BCUT2D eigenvalue weighted by Gasteiger charge is 2.20. The SMILES string of the molecule is CCOCCc1noc(-c2cc(F)c(F)cc2C(=O)O)n1. The van der Waals surface area contributed by atoms with E-state index < -0.39 is 23.2 Å². The summed E-state index contributed by atoms with van der Waals surface area (Å²) >= 11 is 0. The number of halogens is 2. The summed E-state index contributed by atoms with van der Waals surface area (Å²) < 4.78 is 36.4. The summed E-state index contributed by atoms with van der Waals surface area (Å²) in [6, 6.07) is 1.30. The number of rotatable bonds is 6. The molecule has 1 aromatic heterocycles. The van der Waals surface area contributed by atoms with Crippen molar-refractivity contribution in [3.05, 3.63) is 35.2 Å². The zero-order valence-electron chi connectivity index (χ0n) is 11.1. The Morgan fingerprint density at radius 1 is 1.38 bits per heavy atom. The van der Waals surface area contributed by atoms with Gasteiger partial charge in [0.05, 0.1) is 17.7 Å². The van der Waals surface area contributed by atoms with Crippen molar-refractivity contribution in [3.8, 4) is 11.5 Å². The molecule has 0 aliphatic heterocycles. The third-order valence-corrected chi connectivity index (χ3v) is 2.66. The number of ether oxygens (including phenoxy) is 1. The molecule has 6 nitrogen and oxygen atoms in total. The van der Waals surface area contributed by atoms with Crippen LogP contribution < -0.4 is 0 Å². The number of carboxylic acid groups (broad SMARTS) is 1. The van der Waals surface area contributed by atoms with Crippen molar-refractivity contribution in [1.29, 1.82) is 0 Å². The molecule has 0 aliphatic carbocycles. The number of carboxylic acids is 1. The largest absolute Gasteiger partial charge is 0.478 e. The van der Waals surface area contributed by atoms with E-state index in [1.807, 2.05) is 6.92 Å². The molecule has 0 unspecified atom stereocenters. The smallest absolute Gasteiger partial charge is 0.336 e. The average Bonchev–Trinajstić information content (AvgIpc) is 2.90. The van der Waals surface area contributed by atoms with Crippen LogP contribution in [0, 0.1) is 11.6 Å². The molecule has 2 aromatic rings. The van der Waals surface area contributed by atoms with Crippen LogP contribution in [0.2, 0.25) is 0 Å². The Hall–Kier alpha value is -2.35. The van der Waals surface area contributed by atoms with Gasteiger partial charge >= 0.3 is 5.97 Å². The van der Waals surface area contributed by atoms with Crippen molar-refractivity contribution in [2.24, 2.45) is 0 Å². The maximum atomic E-state index is 13.3. The van der Waals surface area contributed by atoms with Gasteiger partial charge < -0.3 is 14.4 Å². The molecule has 2 rings (SSSR count). The molecule has 0 radical (unpaired) electrons. The molecular weight excluding hydrogens is 286 g/mol. The zero-order chi connectivity index (χ0) is 15.4. The summed E-state index contributed by atoms with van der Waals surface area (Å²) in [5.41, 5.74) is -0.620. The lowest BCUT2D eigenvalue weighted by Crippen LogP contribution is -2.03. The van der Waals surface area contributed by atoms with Crippen LogP contribution in [0.25, 0.3) is 11.5 Å².